The van der Waals surface area contributed by atoms with E-state index >= 15 is 0 Å². The van der Waals surface area contributed by atoms with Gasteiger partial charge in [-0.15, -0.1) is 11.3 Å². The van der Waals surface area contributed by atoms with Crippen molar-refractivity contribution in [2.75, 3.05) is 4.72 Å². The molecular weight excluding hydrogens is 427 g/mol. The molecule has 0 bridgehead atoms. The number of hydrogen-bond acceptors (Lipinski definition) is 5. The summed E-state index contributed by atoms with van der Waals surface area (Å²) in [5.41, 5.74) is 0.583. The van der Waals surface area contributed by atoms with Gasteiger partial charge in [0.15, 0.2) is 0 Å². The van der Waals surface area contributed by atoms with Gasteiger partial charge in [-0.3, -0.25) is 9.52 Å². The Hall–Kier alpha value is -2.91. The molecule has 1 aromatic heterocycles. The number of phenols is 1. The molecule has 0 saturated heterocycles. The van der Waals surface area contributed by atoms with Crippen LogP contribution in [-0.4, -0.2) is 30.4 Å². The highest BCUT2D eigenvalue weighted by Crippen LogP contribution is 2.33. The van der Waals surface area contributed by atoms with Crippen LogP contribution in [0.1, 0.15) is 28.8 Å². The molecule has 4 rings (SSSR count). The highest BCUT2D eigenvalue weighted by atomic mass is 32.2. The number of halogens is 1. The van der Waals surface area contributed by atoms with Crippen molar-refractivity contribution >= 4 is 33.0 Å². The van der Waals surface area contributed by atoms with Crippen LogP contribution in [-0.2, 0) is 16.6 Å². The topological polar surface area (TPSA) is 86.7 Å². The zero-order valence-electron chi connectivity index (χ0n) is 15.8. The minimum Gasteiger partial charge on any atom is -0.507 e. The van der Waals surface area contributed by atoms with Crippen molar-refractivity contribution in [3.05, 3.63) is 76.9 Å². The van der Waals surface area contributed by atoms with E-state index in [1.807, 2.05) is 0 Å². The van der Waals surface area contributed by atoms with Gasteiger partial charge in [-0.1, -0.05) is 24.3 Å². The SMILES string of the molecule is O=C(c1ccc(NS(=O)(=O)c2cccs2)cc1O)N(Cc1ccccc1F)C1CC1. The molecule has 2 aromatic carbocycles. The zero-order chi connectivity index (χ0) is 21.3. The molecule has 0 unspecified atom stereocenters. The van der Waals surface area contributed by atoms with E-state index in [9.17, 15) is 22.7 Å². The van der Waals surface area contributed by atoms with Gasteiger partial charge in [0, 0.05) is 24.2 Å². The maximum atomic E-state index is 14.1. The Morgan fingerprint density at radius 3 is 2.57 bits per heavy atom. The Morgan fingerprint density at radius 1 is 1.17 bits per heavy atom. The quantitative estimate of drug-likeness (QED) is 0.570. The van der Waals surface area contributed by atoms with Crippen molar-refractivity contribution in [3.63, 3.8) is 0 Å². The number of aromatic hydroxyl groups is 1. The predicted molar refractivity (Wildman–Crippen MR) is 113 cm³/mol. The summed E-state index contributed by atoms with van der Waals surface area (Å²) < 4.78 is 41.3. The molecule has 1 fully saturated rings. The Bertz CT molecular complexity index is 1180. The second-order valence-corrected chi connectivity index (χ2v) is 9.88. The average Bonchev–Trinajstić information content (AvgIpc) is 3.37. The Balaban J connectivity index is 1.55. The normalized spacial score (nSPS) is 13.8. The van der Waals surface area contributed by atoms with Crippen LogP contribution in [0.5, 0.6) is 5.75 Å². The maximum Gasteiger partial charge on any atom is 0.271 e. The summed E-state index contributed by atoms with van der Waals surface area (Å²) in [7, 11) is -3.76. The second-order valence-electron chi connectivity index (χ2n) is 7.03. The van der Waals surface area contributed by atoms with Gasteiger partial charge >= 0.3 is 0 Å². The first-order valence-corrected chi connectivity index (χ1v) is 11.6. The largest absolute Gasteiger partial charge is 0.507 e. The van der Waals surface area contributed by atoms with E-state index < -0.39 is 21.7 Å². The number of carbonyl (C=O) groups excluding carboxylic acids is 1. The Morgan fingerprint density at radius 2 is 1.93 bits per heavy atom. The van der Waals surface area contributed by atoms with Crippen molar-refractivity contribution < 1.29 is 22.7 Å². The molecule has 0 radical (unpaired) electrons. The zero-order valence-corrected chi connectivity index (χ0v) is 17.4. The molecule has 1 aliphatic carbocycles. The molecule has 30 heavy (non-hydrogen) atoms. The maximum absolute atomic E-state index is 14.1. The Labute approximate surface area is 177 Å². The van der Waals surface area contributed by atoms with E-state index in [2.05, 4.69) is 4.72 Å². The third kappa shape index (κ3) is 4.31. The molecule has 2 N–H and O–H groups in total. The highest BCUT2D eigenvalue weighted by Gasteiger charge is 2.34. The lowest BCUT2D eigenvalue weighted by Gasteiger charge is -2.23. The van der Waals surface area contributed by atoms with Crippen LogP contribution >= 0.6 is 11.3 Å². The molecule has 1 saturated carbocycles. The molecule has 0 spiro atoms. The van der Waals surface area contributed by atoms with E-state index in [4.69, 9.17) is 0 Å². The van der Waals surface area contributed by atoms with Crippen molar-refractivity contribution in [2.24, 2.45) is 0 Å². The summed E-state index contributed by atoms with van der Waals surface area (Å²) in [4.78, 5) is 14.6. The summed E-state index contributed by atoms with van der Waals surface area (Å²) in [5.74, 6) is -1.16. The molecule has 0 atom stereocenters. The van der Waals surface area contributed by atoms with E-state index in [1.54, 1.807) is 34.5 Å². The van der Waals surface area contributed by atoms with Gasteiger partial charge in [-0.2, -0.15) is 0 Å². The van der Waals surface area contributed by atoms with E-state index in [0.29, 0.717) is 5.56 Å². The number of nitrogens with one attached hydrogen (secondary N) is 1. The van der Waals surface area contributed by atoms with Crippen molar-refractivity contribution in [1.82, 2.24) is 4.90 Å². The molecule has 0 aliphatic heterocycles. The summed E-state index contributed by atoms with van der Waals surface area (Å²) in [5, 5.41) is 12.1. The van der Waals surface area contributed by atoms with Gasteiger partial charge in [0.2, 0.25) is 0 Å². The summed E-state index contributed by atoms with van der Waals surface area (Å²) in [6.07, 6.45) is 1.64. The number of amides is 1. The van der Waals surface area contributed by atoms with Crippen LogP contribution in [0.3, 0.4) is 0 Å². The van der Waals surface area contributed by atoms with E-state index in [1.165, 1.54) is 30.3 Å². The van der Waals surface area contributed by atoms with Gasteiger partial charge < -0.3 is 10.0 Å². The van der Waals surface area contributed by atoms with Crippen LogP contribution in [0.25, 0.3) is 0 Å². The fourth-order valence-corrected chi connectivity index (χ4v) is 5.16. The van der Waals surface area contributed by atoms with Gasteiger partial charge in [-0.05, 0) is 42.5 Å². The van der Waals surface area contributed by atoms with Crippen molar-refractivity contribution in [3.8, 4) is 5.75 Å². The number of nitrogens with zero attached hydrogens (tertiary/aromatic N) is 1. The number of carbonyl (C=O) groups is 1. The molecular formula is C21H19FN2O4S2. The van der Waals surface area contributed by atoms with Gasteiger partial charge in [0.05, 0.1) is 11.3 Å². The summed E-state index contributed by atoms with van der Waals surface area (Å²) in [6.45, 7) is 0.0996. The number of hydrogen-bond donors (Lipinski definition) is 2. The number of benzene rings is 2. The van der Waals surface area contributed by atoms with Crippen LogP contribution < -0.4 is 4.72 Å². The van der Waals surface area contributed by atoms with Gasteiger partial charge in [0.25, 0.3) is 15.9 Å². The second kappa shape index (κ2) is 8.08. The third-order valence-electron chi connectivity index (χ3n) is 4.79. The average molecular weight is 447 g/mol. The third-order valence-corrected chi connectivity index (χ3v) is 7.57. The van der Waals surface area contributed by atoms with Crippen LogP contribution in [0, 0.1) is 5.82 Å². The number of rotatable bonds is 7. The standard InChI is InChI=1S/C21H19FN2O4S2/c22-18-5-2-1-4-14(18)13-24(16-8-9-16)21(26)17-10-7-15(12-19(17)25)23-30(27,28)20-6-3-11-29-20/h1-7,10-12,16,23,25H,8-9,13H2. The predicted octanol–water partition coefficient (Wildman–Crippen LogP) is 4.20. The minimum absolute atomic E-state index is 0.00601. The first-order chi connectivity index (χ1) is 14.3. The molecule has 9 heteroatoms. The van der Waals surface area contributed by atoms with E-state index in [-0.39, 0.29) is 33.8 Å². The fourth-order valence-electron chi connectivity index (χ4n) is 3.12. The van der Waals surface area contributed by atoms with Crippen LogP contribution in [0.15, 0.2) is 64.2 Å². The number of anilines is 1. The van der Waals surface area contributed by atoms with Gasteiger partial charge in [0.1, 0.15) is 15.8 Å². The monoisotopic (exact) mass is 446 g/mol. The lowest BCUT2D eigenvalue weighted by Crippen LogP contribution is -2.33. The molecule has 1 heterocycles. The number of thiophene rings is 1. The molecule has 156 valence electrons. The first-order valence-electron chi connectivity index (χ1n) is 9.29. The molecule has 6 nitrogen and oxygen atoms in total. The minimum atomic E-state index is -3.76. The Kier molecular flexibility index (Phi) is 5.48. The van der Waals surface area contributed by atoms with Crippen LogP contribution in [0.2, 0.25) is 0 Å². The first kappa shape index (κ1) is 20.4. The fraction of sp³-hybridized carbons (Fsp3) is 0.190. The number of sulfonamides is 1. The highest BCUT2D eigenvalue weighted by molar-refractivity contribution is 7.94. The lowest BCUT2D eigenvalue weighted by molar-refractivity contribution is 0.0725. The molecule has 1 aliphatic rings. The van der Waals surface area contributed by atoms with Crippen molar-refractivity contribution in [2.45, 2.75) is 29.6 Å². The summed E-state index contributed by atoms with van der Waals surface area (Å²) >= 11 is 1.07. The van der Waals surface area contributed by atoms with E-state index in [0.717, 1.165) is 24.2 Å². The lowest BCUT2D eigenvalue weighted by atomic mass is 10.1. The summed E-state index contributed by atoms with van der Waals surface area (Å²) in [6, 6.07) is 13.4. The van der Waals surface area contributed by atoms with Crippen molar-refractivity contribution in [1.29, 1.82) is 0 Å². The van der Waals surface area contributed by atoms with Crippen LogP contribution in [0.4, 0.5) is 10.1 Å². The smallest absolute Gasteiger partial charge is 0.271 e. The molecule has 3 aromatic rings. The molecule has 1 amide bonds. The van der Waals surface area contributed by atoms with Gasteiger partial charge in [-0.25, -0.2) is 12.8 Å². The number of phenolic OH excluding ortho intramolecular Hbond substituents is 1.